The number of rotatable bonds is 17. The van der Waals surface area contributed by atoms with E-state index in [1.807, 2.05) is 106 Å². The number of aldehydes is 2. The van der Waals surface area contributed by atoms with Gasteiger partial charge in [0.05, 0.1) is 69.8 Å². The molecule has 0 aliphatic carbocycles. The summed E-state index contributed by atoms with van der Waals surface area (Å²) in [4.78, 5) is 48.1. The molecule has 5 aromatic carbocycles. The van der Waals surface area contributed by atoms with Gasteiger partial charge in [-0.2, -0.15) is 0 Å². The van der Waals surface area contributed by atoms with Crippen LogP contribution in [0.5, 0.6) is 0 Å². The van der Waals surface area contributed by atoms with Gasteiger partial charge in [-0.05, 0) is 212 Å². The number of benzene rings is 5. The van der Waals surface area contributed by atoms with Gasteiger partial charge in [-0.3, -0.25) is 9.59 Å². The van der Waals surface area contributed by atoms with Crippen molar-refractivity contribution >= 4 is 123 Å². The van der Waals surface area contributed by atoms with Crippen LogP contribution >= 0.6 is 47.8 Å². The van der Waals surface area contributed by atoms with Crippen LogP contribution in [0.25, 0.3) is 33.1 Å². The Hall–Kier alpha value is -8.34. The van der Waals surface area contributed by atoms with E-state index in [4.69, 9.17) is 28.0 Å². The van der Waals surface area contributed by atoms with Gasteiger partial charge in [-0.15, -0.1) is 0 Å². The normalized spacial score (nSPS) is 10.8. The van der Waals surface area contributed by atoms with Gasteiger partial charge < -0.3 is 52.2 Å². The van der Waals surface area contributed by atoms with Crippen LogP contribution < -0.4 is 28.3 Å². The first kappa shape index (κ1) is 63.2. The molecule has 0 unspecified atom stereocenters. The minimum absolute atomic E-state index is 0. The molecule has 11 N–H and O–H groups in total. The van der Waals surface area contributed by atoms with Gasteiger partial charge in [0.1, 0.15) is 26.4 Å². The van der Waals surface area contributed by atoms with Gasteiger partial charge in [0.25, 0.3) is 0 Å². The molecule has 0 atom stereocenters. The fraction of sp³-hybridized carbons (Fsp3) is 0.206. The third-order valence-corrected chi connectivity index (χ3v) is 14.6. The smallest absolute Gasteiger partial charge is 0.201 e. The average molecular weight is 1320 g/mol. The predicted octanol–water partition coefficient (Wildman–Crippen LogP) is 12.1. The summed E-state index contributed by atoms with van der Waals surface area (Å²) in [5.74, 6) is 1.29. The molecule has 0 aliphatic rings. The molecule has 11 aromatic rings. The van der Waals surface area contributed by atoms with Gasteiger partial charge in [0, 0.05) is 42.3 Å². The van der Waals surface area contributed by atoms with Gasteiger partial charge in [-0.25, -0.2) is 29.9 Å². The van der Waals surface area contributed by atoms with E-state index in [2.05, 4.69) is 120 Å². The Labute approximate surface area is 512 Å². The molecule has 0 fully saturated rings. The second kappa shape index (κ2) is 30.3. The van der Waals surface area contributed by atoms with Crippen molar-refractivity contribution in [2.75, 3.05) is 41.5 Å². The second-order valence-corrected chi connectivity index (χ2v) is 21.9. The molecule has 0 saturated carbocycles. The van der Waals surface area contributed by atoms with Crippen molar-refractivity contribution in [3.8, 4) is 0 Å². The zero-order chi connectivity index (χ0) is 59.0. The third-order valence-electron chi connectivity index (χ3n) is 13.3. The fourth-order valence-corrected chi connectivity index (χ4v) is 10.3. The van der Waals surface area contributed by atoms with Crippen LogP contribution in [0.1, 0.15) is 85.9 Å². The highest BCUT2D eigenvalue weighted by atomic mass is 79.9. The lowest BCUT2D eigenvalue weighted by atomic mass is 10.0. The summed E-state index contributed by atoms with van der Waals surface area (Å²) in [6, 6.07) is 46.6. The number of halogens is 3. The highest BCUT2D eigenvalue weighted by Gasteiger charge is 2.14. The van der Waals surface area contributed by atoms with Crippen LogP contribution in [0.2, 0.25) is 0 Å². The number of pyridine rings is 3. The Bertz CT molecular complexity index is 4030. The number of aliphatic hydroxyl groups is 2. The number of anilines is 5. The number of hydrogen-bond acceptors (Lipinski definition) is 15. The Morgan fingerprint density at radius 3 is 1.45 bits per heavy atom. The van der Waals surface area contributed by atoms with E-state index in [1.54, 1.807) is 30.3 Å². The topological polar surface area (TPSA) is 283 Å². The van der Waals surface area contributed by atoms with Gasteiger partial charge in [0.15, 0.2) is 0 Å². The van der Waals surface area contributed by atoms with Crippen LogP contribution in [0.15, 0.2) is 159 Å². The lowest BCUT2D eigenvalue weighted by Crippen LogP contribution is -2.07. The van der Waals surface area contributed by atoms with E-state index in [9.17, 15) is 14.7 Å². The van der Waals surface area contributed by atoms with E-state index in [-0.39, 0.29) is 20.6 Å². The number of aliphatic hydroxyl groups excluding tert-OH is 2. The highest BCUT2D eigenvalue weighted by Crippen LogP contribution is 2.26. The van der Waals surface area contributed by atoms with Crippen LogP contribution in [-0.2, 0) is 39.0 Å². The molecular weight excluding hydrogens is 1260 g/mol. The molecule has 0 aliphatic heterocycles. The van der Waals surface area contributed by atoms with Crippen molar-refractivity contribution in [3.63, 3.8) is 0 Å². The average Bonchev–Trinajstić information content (AvgIpc) is 4.28. The van der Waals surface area contributed by atoms with Crippen LogP contribution in [0.3, 0.4) is 0 Å². The fourth-order valence-electron chi connectivity index (χ4n) is 9.12. The molecule has 0 amide bonds. The Morgan fingerprint density at radius 2 is 0.940 bits per heavy atom. The number of aromatic nitrogens is 9. The molecule has 18 nitrogen and oxygen atoms in total. The number of nitrogens with zero attached hydrogens (tertiary/aromatic N) is 9. The molecule has 21 heteroatoms. The predicted molar refractivity (Wildman–Crippen MR) is 348 cm³/mol. The molecule has 0 radical (unpaired) electrons. The molecule has 0 saturated heterocycles. The first-order chi connectivity index (χ1) is 40.1. The van der Waals surface area contributed by atoms with Gasteiger partial charge in [-0.1, -0.05) is 56.0 Å². The molecular formula is C63H67Br3N14O4. The summed E-state index contributed by atoms with van der Waals surface area (Å²) in [6.07, 6.45) is 4.86. The van der Waals surface area contributed by atoms with E-state index in [1.165, 1.54) is 16.7 Å². The van der Waals surface area contributed by atoms with Crippen LogP contribution in [0, 0.1) is 13.8 Å². The molecule has 84 heavy (non-hydrogen) atoms. The summed E-state index contributed by atoms with van der Waals surface area (Å²) in [5.41, 5.74) is 40.6. The molecule has 434 valence electrons. The maximum Gasteiger partial charge on any atom is 0.201 e. The first-order valence-electron chi connectivity index (χ1n) is 26.5. The number of nitrogen functional groups attached to an aromatic ring is 4. The summed E-state index contributed by atoms with van der Waals surface area (Å²) in [7, 11) is 0. The number of hydrogen-bond donors (Lipinski definition) is 7. The Balaban J connectivity index is 0.000000168. The molecule has 0 bridgehead atoms. The van der Waals surface area contributed by atoms with Gasteiger partial charge in [0.2, 0.25) is 17.8 Å². The number of carbonyl (C=O) groups excluding carboxylic acids is 2. The largest absolute Gasteiger partial charge is 0.398 e. The quantitative estimate of drug-likeness (QED) is 0.0253. The van der Waals surface area contributed by atoms with Crippen LogP contribution in [0.4, 0.5) is 29.2 Å². The monoisotopic (exact) mass is 1320 g/mol. The highest BCUT2D eigenvalue weighted by molar-refractivity contribution is 9.11. The van der Waals surface area contributed by atoms with Crippen molar-refractivity contribution in [2.45, 2.75) is 73.1 Å². The number of nitrogens with two attached hydrogens (primary N) is 4. The van der Waals surface area contributed by atoms with Crippen molar-refractivity contribution in [1.29, 1.82) is 0 Å². The van der Waals surface area contributed by atoms with E-state index >= 15 is 0 Å². The lowest BCUT2D eigenvalue weighted by molar-refractivity contribution is 0.111. The zero-order valence-electron chi connectivity index (χ0n) is 45.8. The van der Waals surface area contributed by atoms with E-state index < -0.39 is 0 Å². The van der Waals surface area contributed by atoms with E-state index in [0.717, 1.165) is 119 Å². The van der Waals surface area contributed by atoms with Gasteiger partial charge >= 0.3 is 0 Å². The lowest BCUT2D eigenvalue weighted by Gasteiger charge is -2.13. The number of aryl methyl sites for hydroxylation is 4. The Kier molecular flexibility index (Phi) is 22.8. The first-order valence-corrected chi connectivity index (χ1v) is 28.9. The molecule has 11 rings (SSSR count). The van der Waals surface area contributed by atoms with Crippen molar-refractivity contribution in [3.05, 3.63) is 215 Å². The summed E-state index contributed by atoms with van der Waals surface area (Å²) in [5, 5.41) is 21.4. The summed E-state index contributed by atoms with van der Waals surface area (Å²) >= 11 is 10.1. The standard InChI is InChI=1S/C24H26BrN5O.2C14H11BrN4O.C10H15NO.CH4/c1-16-7-9-18(4-3-11-31)21(12-16)27-14-17-8-10-20-22(13-17)30(24(26)29-20)15-19-5-2-6-23(25)28-19;15-13-3-1-2-10(17-13)7-19-12-5-4-9(8-20)6-11(12)18-14(19)16;15-13-3-1-2-10(17-13)7-19-12-6-9(8-20)4-5-11(12)18-14(19)16;1-8-4-5-9(3-2-6-12)10(11)7-8;/h2,5-10,12-13,27,31H,3-4,11,14-15H2,1H3,(H2,26,29);2*1-6,8H,7H2,(H2,16,18);4-5,7,12H,2-3,6,11H2,1H3;1H4. The summed E-state index contributed by atoms with van der Waals surface area (Å²) < 4.78 is 8.06. The Morgan fingerprint density at radius 1 is 0.488 bits per heavy atom. The van der Waals surface area contributed by atoms with E-state index in [0.29, 0.717) is 60.7 Å². The maximum atomic E-state index is 10.9. The number of imidazole rings is 3. The maximum absolute atomic E-state index is 10.9. The van der Waals surface area contributed by atoms with Crippen LogP contribution in [-0.4, -0.2) is 79.6 Å². The van der Waals surface area contributed by atoms with Crippen molar-refractivity contribution in [2.24, 2.45) is 0 Å². The number of nitrogens with one attached hydrogen (secondary N) is 1. The molecule has 6 aromatic heterocycles. The number of carbonyl (C=O) groups is 2. The summed E-state index contributed by atoms with van der Waals surface area (Å²) in [6.45, 7) is 6.81. The third kappa shape index (κ3) is 16.9. The van der Waals surface area contributed by atoms with Crippen molar-refractivity contribution in [1.82, 2.24) is 43.6 Å². The minimum atomic E-state index is 0. The van der Waals surface area contributed by atoms with Crippen molar-refractivity contribution < 1.29 is 19.8 Å². The zero-order valence-corrected chi connectivity index (χ0v) is 50.5. The second-order valence-electron chi connectivity index (χ2n) is 19.4. The number of fused-ring (bicyclic) bond motifs is 3. The molecule has 0 spiro atoms. The minimum Gasteiger partial charge on any atom is -0.398 e. The SMILES string of the molecule is C.Cc1ccc(CCCO)c(N)c1.Cc1ccc(CCCO)c(NCc2ccc3nc(N)n(Cc4cccc(Br)n4)c3c2)c1.Nc1nc2cc(C=O)ccc2n1Cc1cccc(Br)n1.Nc1nc2ccc(C=O)cc2n1Cc1cccc(Br)n1. The molecule has 6 heterocycles.